The first kappa shape index (κ1) is 13.5. The first-order valence-electron chi connectivity index (χ1n) is 6.30. The highest BCUT2D eigenvalue weighted by Crippen LogP contribution is 2.24. The lowest BCUT2D eigenvalue weighted by Gasteiger charge is -2.07. The van der Waals surface area contributed by atoms with Gasteiger partial charge in [0, 0.05) is 18.3 Å². The van der Waals surface area contributed by atoms with E-state index in [2.05, 4.69) is 4.57 Å². The molecule has 1 heterocycles. The van der Waals surface area contributed by atoms with Crippen LogP contribution in [0.5, 0.6) is 0 Å². The van der Waals surface area contributed by atoms with Crippen molar-refractivity contribution in [3.05, 3.63) is 69.8 Å². The number of rotatable bonds is 3. The van der Waals surface area contributed by atoms with Crippen LogP contribution in [0.1, 0.15) is 11.1 Å². The van der Waals surface area contributed by atoms with E-state index in [0.717, 1.165) is 28.6 Å². The van der Waals surface area contributed by atoms with E-state index in [0.29, 0.717) is 10.0 Å². The third-order valence-corrected chi connectivity index (χ3v) is 4.09. The molecule has 0 aliphatic rings. The summed E-state index contributed by atoms with van der Waals surface area (Å²) in [6.45, 7) is 0.798. The lowest BCUT2D eigenvalue weighted by atomic mass is 10.1. The summed E-state index contributed by atoms with van der Waals surface area (Å²) < 4.78 is 2.15. The summed E-state index contributed by atoms with van der Waals surface area (Å²) in [5.41, 5.74) is 3.15. The zero-order valence-electron chi connectivity index (χ0n) is 10.7. The molecule has 20 heavy (non-hydrogen) atoms. The van der Waals surface area contributed by atoms with Gasteiger partial charge in [0.15, 0.2) is 0 Å². The summed E-state index contributed by atoms with van der Waals surface area (Å²) in [4.78, 5) is 0. The minimum absolute atomic E-state index is 0.0634. The largest absolute Gasteiger partial charge is 0.392 e. The topological polar surface area (TPSA) is 25.2 Å². The smallest absolute Gasteiger partial charge is 0.0682 e. The summed E-state index contributed by atoms with van der Waals surface area (Å²) >= 11 is 12.0. The van der Waals surface area contributed by atoms with E-state index in [9.17, 15) is 0 Å². The van der Waals surface area contributed by atoms with Crippen molar-refractivity contribution in [1.29, 1.82) is 0 Å². The Morgan fingerprint density at radius 3 is 2.45 bits per heavy atom. The van der Waals surface area contributed by atoms with Crippen LogP contribution >= 0.6 is 23.2 Å². The Bertz CT molecular complexity index is 764. The Morgan fingerprint density at radius 2 is 1.70 bits per heavy atom. The highest BCUT2D eigenvalue weighted by atomic mass is 35.5. The lowest BCUT2D eigenvalue weighted by Crippen LogP contribution is -1.98. The van der Waals surface area contributed by atoms with Gasteiger partial charge in [-0.05, 0) is 46.8 Å². The minimum atomic E-state index is 0.0634. The van der Waals surface area contributed by atoms with Crippen LogP contribution in [-0.2, 0) is 13.2 Å². The molecule has 0 aliphatic heterocycles. The summed E-state index contributed by atoms with van der Waals surface area (Å²) in [5.74, 6) is 0. The summed E-state index contributed by atoms with van der Waals surface area (Å²) in [6, 6.07) is 13.7. The molecule has 0 aliphatic carbocycles. The third kappa shape index (κ3) is 2.55. The van der Waals surface area contributed by atoms with Crippen molar-refractivity contribution in [3.8, 4) is 0 Å². The third-order valence-electron chi connectivity index (χ3n) is 3.35. The van der Waals surface area contributed by atoms with Crippen molar-refractivity contribution in [3.63, 3.8) is 0 Å². The van der Waals surface area contributed by atoms with Gasteiger partial charge in [-0.1, -0.05) is 35.3 Å². The molecule has 0 amide bonds. The molecule has 2 aromatic carbocycles. The number of aromatic nitrogens is 1. The van der Waals surface area contributed by atoms with Gasteiger partial charge in [0.1, 0.15) is 0 Å². The highest BCUT2D eigenvalue weighted by molar-refractivity contribution is 6.42. The van der Waals surface area contributed by atoms with Crippen LogP contribution in [0.3, 0.4) is 0 Å². The van der Waals surface area contributed by atoms with E-state index in [-0.39, 0.29) is 6.61 Å². The summed E-state index contributed by atoms with van der Waals surface area (Å²) in [6.07, 6.45) is 2.04. The van der Waals surface area contributed by atoms with Gasteiger partial charge in [-0.25, -0.2) is 0 Å². The second-order valence-electron chi connectivity index (χ2n) is 4.74. The molecule has 0 saturated heterocycles. The number of hydrogen-bond donors (Lipinski definition) is 1. The molecule has 0 spiro atoms. The number of aliphatic hydroxyl groups is 1. The van der Waals surface area contributed by atoms with Crippen LogP contribution in [-0.4, -0.2) is 9.67 Å². The molecule has 3 rings (SSSR count). The molecule has 0 saturated carbocycles. The maximum Gasteiger partial charge on any atom is 0.0682 e. The molecule has 0 radical (unpaired) electrons. The Labute approximate surface area is 127 Å². The van der Waals surface area contributed by atoms with Crippen LogP contribution in [0.4, 0.5) is 0 Å². The SMILES string of the molecule is OCc1ccc2c(ccn2Cc2ccc(Cl)c(Cl)c2)c1. The fourth-order valence-corrected chi connectivity index (χ4v) is 2.64. The molecule has 0 bridgehead atoms. The molecular formula is C16H13Cl2NO. The second-order valence-corrected chi connectivity index (χ2v) is 5.56. The van der Waals surface area contributed by atoms with E-state index < -0.39 is 0 Å². The van der Waals surface area contributed by atoms with Crippen molar-refractivity contribution < 1.29 is 5.11 Å². The van der Waals surface area contributed by atoms with Crippen molar-refractivity contribution in [2.75, 3.05) is 0 Å². The summed E-state index contributed by atoms with van der Waals surface area (Å²) in [5, 5.41) is 11.4. The van der Waals surface area contributed by atoms with Gasteiger partial charge in [0.2, 0.25) is 0 Å². The van der Waals surface area contributed by atoms with E-state index in [1.807, 2.05) is 48.7 Å². The highest BCUT2D eigenvalue weighted by Gasteiger charge is 2.04. The molecule has 0 fully saturated rings. The number of nitrogens with zero attached hydrogens (tertiary/aromatic N) is 1. The molecule has 2 nitrogen and oxygen atoms in total. The molecule has 1 aromatic heterocycles. The lowest BCUT2D eigenvalue weighted by molar-refractivity contribution is 0.282. The van der Waals surface area contributed by atoms with E-state index >= 15 is 0 Å². The van der Waals surface area contributed by atoms with Gasteiger partial charge in [-0.2, -0.15) is 0 Å². The maximum absolute atomic E-state index is 9.16. The number of benzene rings is 2. The van der Waals surface area contributed by atoms with Crippen LogP contribution in [0.25, 0.3) is 10.9 Å². The zero-order valence-corrected chi connectivity index (χ0v) is 12.2. The molecule has 0 unspecified atom stereocenters. The zero-order chi connectivity index (χ0) is 14.1. The molecular weight excluding hydrogens is 293 g/mol. The first-order valence-corrected chi connectivity index (χ1v) is 7.05. The van der Waals surface area contributed by atoms with Crippen molar-refractivity contribution in [2.24, 2.45) is 0 Å². The van der Waals surface area contributed by atoms with Crippen LogP contribution in [0.15, 0.2) is 48.7 Å². The molecule has 4 heteroatoms. The van der Waals surface area contributed by atoms with Gasteiger partial charge >= 0.3 is 0 Å². The molecule has 1 N–H and O–H groups in total. The summed E-state index contributed by atoms with van der Waals surface area (Å²) in [7, 11) is 0. The molecule has 0 atom stereocenters. The number of fused-ring (bicyclic) bond motifs is 1. The minimum Gasteiger partial charge on any atom is -0.392 e. The fourth-order valence-electron chi connectivity index (χ4n) is 2.32. The van der Waals surface area contributed by atoms with E-state index in [1.54, 1.807) is 0 Å². The predicted octanol–water partition coefficient (Wildman–Crippen LogP) is 4.49. The Hall–Kier alpha value is -1.48. The van der Waals surface area contributed by atoms with Crippen molar-refractivity contribution >= 4 is 34.1 Å². The maximum atomic E-state index is 9.16. The normalized spacial score (nSPS) is 11.2. The Morgan fingerprint density at radius 1 is 0.900 bits per heavy atom. The number of halogens is 2. The first-order chi connectivity index (χ1) is 9.67. The van der Waals surface area contributed by atoms with Crippen molar-refractivity contribution in [1.82, 2.24) is 4.57 Å². The monoisotopic (exact) mass is 305 g/mol. The fraction of sp³-hybridized carbons (Fsp3) is 0.125. The number of aliphatic hydroxyl groups excluding tert-OH is 1. The second kappa shape index (κ2) is 5.49. The number of hydrogen-bond acceptors (Lipinski definition) is 1. The Balaban J connectivity index is 1.96. The van der Waals surface area contributed by atoms with Crippen LogP contribution in [0, 0.1) is 0 Å². The quantitative estimate of drug-likeness (QED) is 0.758. The van der Waals surface area contributed by atoms with Crippen molar-refractivity contribution in [2.45, 2.75) is 13.2 Å². The van der Waals surface area contributed by atoms with Crippen LogP contribution < -0.4 is 0 Å². The van der Waals surface area contributed by atoms with E-state index in [1.165, 1.54) is 0 Å². The van der Waals surface area contributed by atoms with Gasteiger partial charge < -0.3 is 9.67 Å². The van der Waals surface area contributed by atoms with Gasteiger partial charge in [0.05, 0.1) is 16.7 Å². The standard InChI is InChI=1S/C16H13Cl2NO/c17-14-3-1-11(8-15(14)18)9-19-6-5-13-7-12(10-20)2-4-16(13)19/h1-8,20H,9-10H2. The van der Waals surface area contributed by atoms with Crippen LogP contribution in [0.2, 0.25) is 10.0 Å². The van der Waals surface area contributed by atoms with Gasteiger partial charge in [-0.3, -0.25) is 0 Å². The Kier molecular flexibility index (Phi) is 3.70. The molecule has 102 valence electrons. The molecule has 3 aromatic rings. The van der Waals surface area contributed by atoms with Gasteiger partial charge in [0.25, 0.3) is 0 Å². The average Bonchev–Trinajstić information content (AvgIpc) is 2.85. The predicted molar refractivity (Wildman–Crippen MR) is 83.4 cm³/mol. The van der Waals surface area contributed by atoms with E-state index in [4.69, 9.17) is 28.3 Å². The van der Waals surface area contributed by atoms with Gasteiger partial charge in [-0.15, -0.1) is 0 Å². The average molecular weight is 306 g/mol.